The minimum atomic E-state index is -3.29. The number of pyridine rings is 1. The Morgan fingerprint density at radius 3 is 2.42 bits per heavy atom. The van der Waals surface area contributed by atoms with E-state index in [-0.39, 0.29) is 36.3 Å². The molecule has 130 valence electrons. The average Bonchev–Trinajstić information content (AvgIpc) is 2.59. The molecule has 0 aliphatic heterocycles. The molecule has 0 bridgehead atoms. The quantitative estimate of drug-likeness (QED) is 0.391. The van der Waals surface area contributed by atoms with Gasteiger partial charge in [0.2, 0.25) is 0 Å². The van der Waals surface area contributed by atoms with E-state index in [1.807, 2.05) is 18.2 Å². The number of hydrogen-bond donors (Lipinski definition) is 2. The van der Waals surface area contributed by atoms with Crippen molar-refractivity contribution >= 4 is 39.8 Å². The summed E-state index contributed by atoms with van der Waals surface area (Å²) in [6, 6.07) is 14.1. The standard InChI is InChI=1S/C16H20N4O2S.HI/c1-17-16(20-13-14-7-5-6-10-18-14)19-11-12-23(21,22)15-8-3-2-4-9-15;/h2-10H,11-13H2,1H3,(H2,17,19,20);1H. The van der Waals surface area contributed by atoms with E-state index in [1.165, 1.54) is 0 Å². The van der Waals surface area contributed by atoms with Crippen LogP contribution in [0, 0.1) is 0 Å². The highest BCUT2D eigenvalue weighted by atomic mass is 127. The third kappa shape index (κ3) is 6.44. The van der Waals surface area contributed by atoms with Crippen molar-refractivity contribution in [2.75, 3.05) is 19.3 Å². The van der Waals surface area contributed by atoms with Crippen molar-refractivity contribution < 1.29 is 8.42 Å². The highest BCUT2D eigenvalue weighted by Crippen LogP contribution is 2.09. The minimum absolute atomic E-state index is 0. The van der Waals surface area contributed by atoms with Crippen LogP contribution in [0.3, 0.4) is 0 Å². The zero-order valence-corrected chi connectivity index (χ0v) is 16.5. The predicted octanol–water partition coefficient (Wildman–Crippen LogP) is 1.84. The van der Waals surface area contributed by atoms with Crippen LogP contribution >= 0.6 is 24.0 Å². The van der Waals surface area contributed by atoms with Crippen LogP contribution in [0.15, 0.2) is 64.6 Å². The number of nitrogens with one attached hydrogen (secondary N) is 2. The molecule has 1 aromatic heterocycles. The van der Waals surface area contributed by atoms with Gasteiger partial charge in [0, 0.05) is 19.8 Å². The van der Waals surface area contributed by atoms with E-state index < -0.39 is 9.84 Å². The van der Waals surface area contributed by atoms with Gasteiger partial charge in [0.15, 0.2) is 15.8 Å². The van der Waals surface area contributed by atoms with Gasteiger partial charge in [0.05, 0.1) is 22.9 Å². The summed E-state index contributed by atoms with van der Waals surface area (Å²) in [6.07, 6.45) is 1.72. The largest absolute Gasteiger partial charge is 0.355 e. The number of nitrogens with zero attached hydrogens (tertiary/aromatic N) is 2. The molecule has 0 saturated heterocycles. The molecule has 8 heteroatoms. The first-order valence-electron chi connectivity index (χ1n) is 7.24. The number of benzene rings is 1. The van der Waals surface area contributed by atoms with Crippen molar-refractivity contribution in [1.82, 2.24) is 15.6 Å². The second-order valence-electron chi connectivity index (χ2n) is 4.81. The van der Waals surface area contributed by atoms with Gasteiger partial charge in [-0.25, -0.2) is 8.42 Å². The highest BCUT2D eigenvalue weighted by Gasteiger charge is 2.13. The van der Waals surface area contributed by atoms with Crippen molar-refractivity contribution in [3.8, 4) is 0 Å². The molecule has 0 atom stereocenters. The summed E-state index contributed by atoms with van der Waals surface area (Å²) in [5.74, 6) is 0.542. The lowest BCUT2D eigenvalue weighted by atomic mass is 10.3. The summed E-state index contributed by atoms with van der Waals surface area (Å²) >= 11 is 0. The summed E-state index contributed by atoms with van der Waals surface area (Å²) in [4.78, 5) is 8.60. The second-order valence-corrected chi connectivity index (χ2v) is 6.91. The number of hydrogen-bond acceptors (Lipinski definition) is 4. The highest BCUT2D eigenvalue weighted by molar-refractivity contribution is 14.0. The van der Waals surface area contributed by atoms with Gasteiger partial charge < -0.3 is 10.6 Å². The first kappa shape index (κ1) is 20.4. The normalized spacial score (nSPS) is 11.5. The maximum atomic E-state index is 12.2. The van der Waals surface area contributed by atoms with E-state index in [0.29, 0.717) is 17.4 Å². The van der Waals surface area contributed by atoms with Crippen molar-refractivity contribution in [2.24, 2.45) is 4.99 Å². The fraction of sp³-hybridized carbons (Fsp3) is 0.250. The summed E-state index contributed by atoms with van der Waals surface area (Å²) < 4.78 is 24.3. The Labute approximate surface area is 159 Å². The SMILES string of the molecule is CN=C(NCCS(=O)(=O)c1ccccc1)NCc1ccccn1.I. The van der Waals surface area contributed by atoms with Gasteiger partial charge in [-0.1, -0.05) is 24.3 Å². The summed E-state index contributed by atoms with van der Waals surface area (Å²) in [7, 11) is -1.65. The molecular weight excluding hydrogens is 439 g/mol. The molecule has 0 radical (unpaired) electrons. The molecule has 0 spiro atoms. The molecule has 1 aromatic carbocycles. The van der Waals surface area contributed by atoms with Gasteiger partial charge in [-0.2, -0.15) is 0 Å². The van der Waals surface area contributed by atoms with Gasteiger partial charge in [0.25, 0.3) is 0 Å². The molecule has 24 heavy (non-hydrogen) atoms. The number of sulfone groups is 1. The molecule has 2 N–H and O–H groups in total. The summed E-state index contributed by atoms with van der Waals surface area (Å²) in [6.45, 7) is 0.797. The van der Waals surface area contributed by atoms with Crippen LogP contribution in [0.25, 0.3) is 0 Å². The van der Waals surface area contributed by atoms with Crippen molar-refractivity contribution in [3.05, 3.63) is 60.4 Å². The maximum Gasteiger partial charge on any atom is 0.191 e. The topological polar surface area (TPSA) is 83.5 Å². The van der Waals surface area contributed by atoms with E-state index in [2.05, 4.69) is 20.6 Å². The van der Waals surface area contributed by atoms with Crippen LogP contribution in [0.2, 0.25) is 0 Å². The maximum absolute atomic E-state index is 12.2. The van der Waals surface area contributed by atoms with Gasteiger partial charge in [0.1, 0.15) is 0 Å². The lowest BCUT2D eigenvalue weighted by Gasteiger charge is -2.11. The van der Waals surface area contributed by atoms with Crippen molar-refractivity contribution in [3.63, 3.8) is 0 Å². The number of aromatic nitrogens is 1. The smallest absolute Gasteiger partial charge is 0.191 e. The van der Waals surface area contributed by atoms with Crippen LogP contribution < -0.4 is 10.6 Å². The molecule has 2 aromatic rings. The van der Waals surface area contributed by atoms with E-state index in [4.69, 9.17) is 0 Å². The third-order valence-corrected chi connectivity index (χ3v) is 4.88. The Kier molecular flexibility index (Phi) is 8.69. The molecule has 0 saturated carbocycles. The molecule has 6 nitrogen and oxygen atoms in total. The van der Waals surface area contributed by atoms with Gasteiger partial charge in [-0.05, 0) is 24.3 Å². The number of guanidine groups is 1. The van der Waals surface area contributed by atoms with Crippen LogP contribution in [0.1, 0.15) is 5.69 Å². The van der Waals surface area contributed by atoms with Crippen molar-refractivity contribution in [1.29, 1.82) is 0 Å². The minimum Gasteiger partial charge on any atom is -0.355 e. The Morgan fingerprint density at radius 1 is 1.08 bits per heavy atom. The van der Waals surface area contributed by atoms with Gasteiger partial charge >= 0.3 is 0 Å². The van der Waals surface area contributed by atoms with Crippen LogP contribution in [-0.2, 0) is 16.4 Å². The summed E-state index contributed by atoms with van der Waals surface area (Å²) in [5, 5.41) is 6.09. The molecular formula is C16H21IN4O2S. The second kappa shape index (κ2) is 10.2. The van der Waals surface area contributed by atoms with Crippen molar-refractivity contribution in [2.45, 2.75) is 11.4 Å². The molecule has 0 unspecified atom stereocenters. The first-order chi connectivity index (χ1) is 11.1. The predicted molar refractivity (Wildman–Crippen MR) is 106 cm³/mol. The lowest BCUT2D eigenvalue weighted by molar-refractivity contribution is 0.594. The zero-order valence-electron chi connectivity index (χ0n) is 13.3. The lowest BCUT2D eigenvalue weighted by Crippen LogP contribution is -2.39. The first-order valence-corrected chi connectivity index (χ1v) is 8.89. The molecule has 0 amide bonds. The van der Waals surface area contributed by atoms with Crippen LogP contribution in [0.4, 0.5) is 0 Å². The molecule has 0 aliphatic carbocycles. The Bertz CT molecular complexity index is 737. The number of halogens is 1. The van der Waals surface area contributed by atoms with Gasteiger partial charge in [-0.3, -0.25) is 9.98 Å². The summed E-state index contributed by atoms with van der Waals surface area (Å²) in [5.41, 5.74) is 0.882. The van der Waals surface area contributed by atoms with E-state index in [9.17, 15) is 8.42 Å². The van der Waals surface area contributed by atoms with E-state index in [0.717, 1.165) is 5.69 Å². The van der Waals surface area contributed by atoms with Crippen LogP contribution in [0.5, 0.6) is 0 Å². The Morgan fingerprint density at radius 2 is 1.79 bits per heavy atom. The number of aliphatic imine (C=N–C) groups is 1. The fourth-order valence-electron chi connectivity index (χ4n) is 1.95. The molecule has 1 heterocycles. The Hall–Kier alpha value is -1.68. The molecule has 0 fully saturated rings. The Balaban J connectivity index is 0.00000288. The average molecular weight is 460 g/mol. The van der Waals surface area contributed by atoms with Crippen LogP contribution in [-0.4, -0.2) is 38.7 Å². The number of rotatable bonds is 6. The van der Waals surface area contributed by atoms with Gasteiger partial charge in [-0.15, -0.1) is 24.0 Å². The monoisotopic (exact) mass is 460 g/mol. The van der Waals surface area contributed by atoms with E-state index >= 15 is 0 Å². The zero-order chi connectivity index (χ0) is 16.5. The molecule has 0 aliphatic rings. The molecule has 2 rings (SSSR count). The third-order valence-electron chi connectivity index (χ3n) is 3.15. The fourth-order valence-corrected chi connectivity index (χ4v) is 3.13. The van der Waals surface area contributed by atoms with E-state index in [1.54, 1.807) is 43.6 Å².